The number of carbonyl (C=O) groups excluding carboxylic acids is 1. The first kappa shape index (κ1) is 15.8. The fourth-order valence-corrected chi connectivity index (χ4v) is 1.98. The fraction of sp³-hybridized carbons (Fsp3) is 0.846. The van der Waals surface area contributed by atoms with Crippen LogP contribution in [-0.2, 0) is 9.53 Å². The molecule has 1 saturated heterocycles. The average Bonchev–Trinajstić information content (AvgIpc) is 2.72. The summed E-state index contributed by atoms with van der Waals surface area (Å²) in [5, 5.41) is 14.8. The van der Waals surface area contributed by atoms with Gasteiger partial charge in [0, 0.05) is 5.54 Å². The molecule has 2 atom stereocenters. The van der Waals surface area contributed by atoms with Crippen molar-refractivity contribution < 1.29 is 19.4 Å². The van der Waals surface area contributed by atoms with Crippen molar-refractivity contribution in [2.45, 2.75) is 52.1 Å². The highest BCUT2D eigenvalue weighted by Gasteiger charge is 2.47. The lowest BCUT2D eigenvalue weighted by Crippen LogP contribution is -2.56. The number of aliphatic carboxylic acids is 1. The summed E-state index contributed by atoms with van der Waals surface area (Å²) in [6.07, 6.45) is 1.63. The van der Waals surface area contributed by atoms with E-state index in [0.29, 0.717) is 0 Å². The third-order valence-electron chi connectivity index (χ3n) is 4.23. The number of rotatable bonds is 5. The van der Waals surface area contributed by atoms with Crippen LogP contribution in [0.15, 0.2) is 0 Å². The molecule has 1 aliphatic rings. The van der Waals surface area contributed by atoms with E-state index in [-0.39, 0.29) is 24.8 Å². The Bertz CT molecular complexity index is 355. The summed E-state index contributed by atoms with van der Waals surface area (Å²) >= 11 is 0. The predicted octanol–water partition coefficient (Wildman–Crippen LogP) is 1.35. The van der Waals surface area contributed by atoms with E-state index in [1.807, 2.05) is 20.8 Å². The van der Waals surface area contributed by atoms with Gasteiger partial charge in [0.25, 0.3) is 0 Å². The molecule has 3 N–H and O–H groups in total. The number of hydrogen-bond acceptors (Lipinski definition) is 3. The van der Waals surface area contributed by atoms with E-state index < -0.39 is 17.4 Å². The zero-order valence-electron chi connectivity index (χ0n) is 12.1. The van der Waals surface area contributed by atoms with Gasteiger partial charge in [-0.2, -0.15) is 0 Å². The molecule has 0 radical (unpaired) electrons. The Labute approximate surface area is 113 Å². The lowest BCUT2D eigenvalue weighted by atomic mass is 9.85. The molecule has 0 spiro atoms. The molecule has 0 aromatic heterocycles. The molecule has 6 nitrogen and oxygen atoms in total. The lowest BCUT2D eigenvalue weighted by molar-refractivity contribution is -0.148. The van der Waals surface area contributed by atoms with Crippen molar-refractivity contribution in [1.29, 1.82) is 0 Å². The molecule has 0 aromatic carbocycles. The number of ether oxygens (including phenoxy) is 1. The molecule has 19 heavy (non-hydrogen) atoms. The Balaban J connectivity index is 2.65. The SMILES string of the molecule is CCC(C)(CC)NC(=O)NC1COCC1(C)C(=O)O. The van der Waals surface area contributed by atoms with E-state index in [2.05, 4.69) is 10.6 Å². The second-order valence-electron chi connectivity index (χ2n) is 5.66. The minimum atomic E-state index is -1.06. The smallest absolute Gasteiger partial charge is 0.315 e. The second kappa shape index (κ2) is 5.77. The second-order valence-corrected chi connectivity index (χ2v) is 5.66. The van der Waals surface area contributed by atoms with Crippen molar-refractivity contribution in [1.82, 2.24) is 10.6 Å². The number of hydrogen-bond donors (Lipinski definition) is 3. The molecule has 1 aliphatic heterocycles. The van der Waals surface area contributed by atoms with Gasteiger partial charge in [0.1, 0.15) is 5.41 Å². The predicted molar refractivity (Wildman–Crippen MR) is 71.0 cm³/mol. The highest BCUT2D eigenvalue weighted by Crippen LogP contribution is 2.28. The van der Waals surface area contributed by atoms with E-state index in [1.54, 1.807) is 6.92 Å². The molecule has 0 saturated carbocycles. The first-order valence-electron chi connectivity index (χ1n) is 6.67. The van der Waals surface area contributed by atoms with E-state index in [1.165, 1.54) is 0 Å². The fourth-order valence-electron chi connectivity index (χ4n) is 1.98. The van der Waals surface area contributed by atoms with Gasteiger partial charge in [-0.3, -0.25) is 4.79 Å². The van der Waals surface area contributed by atoms with Gasteiger partial charge < -0.3 is 20.5 Å². The topological polar surface area (TPSA) is 87.7 Å². The molecule has 0 aromatic rings. The van der Waals surface area contributed by atoms with Crippen LogP contribution in [0.4, 0.5) is 4.79 Å². The first-order valence-corrected chi connectivity index (χ1v) is 6.67. The lowest BCUT2D eigenvalue weighted by Gasteiger charge is -2.31. The standard InChI is InChI=1S/C13H24N2O4/c1-5-12(3,6-2)15-11(18)14-9-7-19-8-13(9,4)10(16)17/h9H,5-8H2,1-4H3,(H,16,17)(H2,14,15,18). The van der Waals surface area contributed by atoms with Crippen molar-refractivity contribution in [3.63, 3.8) is 0 Å². The molecule has 6 heteroatoms. The zero-order valence-corrected chi connectivity index (χ0v) is 12.1. The van der Waals surface area contributed by atoms with Crippen LogP contribution in [-0.4, -0.2) is 41.9 Å². The molecule has 1 fully saturated rings. The van der Waals surface area contributed by atoms with Crippen LogP contribution in [0.1, 0.15) is 40.5 Å². The van der Waals surface area contributed by atoms with Gasteiger partial charge in [0.05, 0.1) is 19.3 Å². The molecule has 2 amide bonds. The van der Waals surface area contributed by atoms with Gasteiger partial charge >= 0.3 is 12.0 Å². The summed E-state index contributed by atoms with van der Waals surface area (Å²) < 4.78 is 5.19. The van der Waals surface area contributed by atoms with Crippen LogP contribution in [0.25, 0.3) is 0 Å². The van der Waals surface area contributed by atoms with E-state index in [0.717, 1.165) is 12.8 Å². The number of urea groups is 1. The highest BCUT2D eigenvalue weighted by atomic mass is 16.5. The normalized spacial score (nSPS) is 27.1. The summed E-state index contributed by atoms with van der Waals surface area (Å²) in [5.74, 6) is -0.955. The number of amides is 2. The molecular weight excluding hydrogens is 248 g/mol. The van der Waals surface area contributed by atoms with Gasteiger partial charge in [0.2, 0.25) is 0 Å². The highest BCUT2D eigenvalue weighted by molar-refractivity contribution is 5.79. The van der Waals surface area contributed by atoms with Crippen molar-refractivity contribution in [3.05, 3.63) is 0 Å². The Morgan fingerprint density at radius 3 is 2.47 bits per heavy atom. The maximum absolute atomic E-state index is 12.0. The van der Waals surface area contributed by atoms with E-state index >= 15 is 0 Å². The Morgan fingerprint density at radius 2 is 2.00 bits per heavy atom. The summed E-state index contributed by atoms with van der Waals surface area (Å²) in [4.78, 5) is 23.2. The minimum absolute atomic E-state index is 0.117. The molecule has 0 aliphatic carbocycles. The maximum atomic E-state index is 12.0. The average molecular weight is 272 g/mol. The molecule has 0 bridgehead atoms. The van der Waals surface area contributed by atoms with Crippen molar-refractivity contribution in [3.8, 4) is 0 Å². The number of nitrogens with one attached hydrogen (secondary N) is 2. The van der Waals surface area contributed by atoms with Crippen LogP contribution in [0.3, 0.4) is 0 Å². The third-order valence-corrected chi connectivity index (χ3v) is 4.23. The maximum Gasteiger partial charge on any atom is 0.315 e. The summed E-state index contributed by atoms with van der Waals surface area (Å²) in [6.45, 7) is 7.91. The summed E-state index contributed by atoms with van der Waals surface area (Å²) in [7, 11) is 0. The summed E-state index contributed by atoms with van der Waals surface area (Å²) in [6, 6.07) is -0.850. The molecule has 1 rings (SSSR count). The van der Waals surface area contributed by atoms with Crippen LogP contribution >= 0.6 is 0 Å². The van der Waals surface area contributed by atoms with Gasteiger partial charge in [-0.25, -0.2) is 4.79 Å². The molecule has 1 heterocycles. The van der Waals surface area contributed by atoms with Gasteiger partial charge in [-0.15, -0.1) is 0 Å². The monoisotopic (exact) mass is 272 g/mol. The Kier molecular flexibility index (Phi) is 4.79. The number of carbonyl (C=O) groups is 2. The zero-order chi connectivity index (χ0) is 14.7. The summed E-state index contributed by atoms with van der Waals surface area (Å²) in [5.41, 5.74) is -1.34. The van der Waals surface area contributed by atoms with Crippen LogP contribution in [0.5, 0.6) is 0 Å². The third kappa shape index (κ3) is 3.37. The Hall–Kier alpha value is -1.30. The van der Waals surface area contributed by atoms with Gasteiger partial charge in [-0.05, 0) is 26.7 Å². The minimum Gasteiger partial charge on any atom is -0.481 e. The van der Waals surface area contributed by atoms with Crippen molar-refractivity contribution >= 4 is 12.0 Å². The quantitative estimate of drug-likeness (QED) is 0.705. The molecular formula is C13H24N2O4. The van der Waals surface area contributed by atoms with E-state index in [4.69, 9.17) is 4.74 Å². The van der Waals surface area contributed by atoms with Crippen molar-refractivity contribution in [2.75, 3.05) is 13.2 Å². The first-order chi connectivity index (χ1) is 8.77. The van der Waals surface area contributed by atoms with Crippen LogP contribution < -0.4 is 10.6 Å². The van der Waals surface area contributed by atoms with Crippen LogP contribution in [0.2, 0.25) is 0 Å². The number of carboxylic acids is 1. The number of carboxylic acid groups (broad SMARTS) is 1. The van der Waals surface area contributed by atoms with Gasteiger partial charge in [0.15, 0.2) is 0 Å². The molecule has 2 unspecified atom stereocenters. The Morgan fingerprint density at radius 1 is 1.42 bits per heavy atom. The van der Waals surface area contributed by atoms with E-state index in [9.17, 15) is 14.7 Å². The van der Waals surface area contributed by atoms with Crippen LogP contribution in [0, 0.1) is 5.41 Å². The molecule has 110 valence electrons. The van der Waals surface area contributed by atoms with Gasteiger partial charge in [-0.1, -0.05) is 13.8 Å². The largest absolute Gasteiger partial charge is 0.481 e. The van der Waals surface area contributed by atoms with Crippen molar-refractivity contribution in [2.24, 2.45) is 5.41 Å².